The van der Waals surface area contributed by atoms with Crippen molar-refractivity contribution in [2.45, 2.75) is 26.3 Å². The Balaban J connectivity index is 1.98. The summed E-state index contributed by atoms with van der Waals surface area (Å²) in [6.07, 6.45) is 2.19. The molecule has 0 unspecified atom stereocenters. The van der Waals surface area contributed by atoms with Crippen LogP contribution in [0.2, 0.25) is 0 Å². The third kappa shape index (κ3) is 2.64. The van der Waals surface area contributed by atoms with Crippen LogP contribution in [-0.4, -0.2) is 9.78 Å². The molecule has 3 nitrogen and oxygen atoms in total. The molecule has 0 aliphatic heterocycles. The maximum absolute atomic E-state index is 4.46. The largest absolute Gasteiger partial charge is 0.366 e. The molecule has 2 aromatic rings. The Hall–Kier alpha value is -1.29. The van der Waals surface area contributed by atoms with Gasteiger partial charge in [-0.25, -0.2) is 0 Å². The molecule has 0 bridgehead atoms. The topological polar surface area (TPSA) is 29.9 Å². The number of thiophene rings is 1. The molecule has 0 aliphatic rings. The first-order valence-electron chi connectivity index (χ1n) is 5.57. The summed E-state index contributed by atoms with van der Waals surface area (Å²) in [5, 5.41) is 12.1. The molecule has 2 aromatic heterocycles. The molecule has 16 heavy (non-hydrogen) atoms. The maximum atomic E-state index is 4.46. The minimum Gasteiger partial charge on any atom is -0.366 e. The van der Waals surface area contributed by atoms with E-state index in [1.165, 1.54) is 5.56 Å². The second kappa shape index (κ2) is 5.16. The fraction of sp³-hybridized carbons (Fsp3) is 0.417. The third-order valence-corrected chi connectivity index (χ3v) is 3.22. The van der Waals surface area contributed by atoms with Crippen molar-refractivity contribution in [1.29, 1.82) is 0 Å². The van der Waals surface area contributed by atoms with Gasteiger partial charge in [-0.2, -0.15) is 16.4 Å². The molecule has 0 fully saturated rings. The Morgan fingerprint density at radius 1 is 1.50 bits per heavy atom. The Morgan fingerprint density at radius 2 is 2.38 bits per heavy atom. The van der Waals surface area contributed by atoms with E-state index in [1.807, 2.05) is 11.7 Å². The lowest BCUT2D eigenvalue weighted by Crippen LogP contribution is -2.03. The van der Waals surface area contributed by atoms with Gasteiger partial charge < -0.3 is 5.32 Å². The summed E-state index contributed by atoms with van der Waals surface area (Å²) >= 11 is 1.73. The van der Waals surface area contributed by atoms with Gasteiger partial charge in [-0.3, -0.25) is 4.68 Å². The molecule has 0 aliphatic carbocycles. The zero-order valence-corrected chi connectivity index (χ0v) is 10.5. The number of nitrogens with zero attached hydrogens (tertiary/aromatic N) is 2. The molecule has 1 N–H and O–H groups in total. The van der Waals surface area contributed by atoms with Crippen molar-refractivity contribution < 1.29 is 0 Å². The monoisotopic (exact) mass is 235 g/mol. The first kappa shape index (κ1) is 11.2. The van der Waals surface area contributed by atoms with E-state index in [1.54, 1.807) is 11.3 Å². The van der Waals surface area contributed by atoms with Crippen LogP contribution in [0.25, 0.3) is 0 Å². The quantitative estimate of drug-likeness (QED) is 0.863. The number of hydrogen-bond donors (Lipinski definition) is 1. The highest BCUT2D eigenvalue weighted by atomic mass is 32.1. The van der Waals surface area contributed by atoms with Crippen LogP contribution >= 0.6 is 11.3 Å². The zero-order chi connectivity index (χ0) is 11.4. The van der Waals surface area contributed by atoms with Crippen molar-refractivity contribution in [3.05, 3.63) is 34.2 Å². The van der Waals surface area contributed by atoms with Gasteiger partial charge in [0.15, 0.2) is 0 Å². The van der Waals surface area contributed by atoms with Crippen LogP contribution in [-0.2, 0) is 20.0 Å². The van der Waals surface area contributed by atoms with Gasteiger partial charge in [0.25, 0.3) is 0 Å². The fourth-order valence-electron chi connectivity index (χ4n) is 1.66. The number of nitrogens with one attached hydrogen (secondary N) is 1. The highest BCUT2D eigenvalue weighted by Gasteiger charge is 2.03. The van der Waals surface area contributed by atoms with Crippen molar-refractivity contribution in [1.82, 2.24) is 9.78 Å². The lowest BCUT2D eigenvalue weighted by atomic mass is 10.2. The van der Waals surface area contributed by atoms with Crippen LogP contribution in [0.4, 0.5) is 5.82 Å². The van der Waals surface area contributed by atoms with Crippen LogP contribution in [0, 0.1) is 0 Å². The van der Waals surface area contributed by atoms with Crippen molar-refractivity contribution >= 4 is 17.2 Å². The predicted octanol–water partition coefficient (Wildman–Crippen LogP) is 3.05. The molecule has 0 spiro atoms. The molecule has 2 heterocycles. The normalized spacial score (nSPS) is 10.6. The fourth-order valence-corrected chi connectivity index (χ4v) is 2.32. The number of hydrogen-bond acceptors (Lipinski definition) is 3. The van der Waals surface area contributed by atoms with Gasteiger partial charge >= 0.3 is 0 Å². The summed E-state index contributed by atoms with van der Waals surface area (Å²) in [7, 11) is 1.98. The number of anilines is 1. The van der Waals surface area contributed by atoms with E-state index in [4.69, 9.17) is 0 Å². The third-order valence-electron chi connectivity index (χ3n) is 2.49. The molecule has 0 saturated carbocycles. The van der Waals surface area contributed by atoms with Crippen LogP contribution < -0.4 is 5.32 Å². The average Bonchev–Trinajstić information content (AvgIpc) is 2.86. The molecular weight excluding hydrogens is 218 g/mol. The number of aromatic nitrogens is 2. The van der Waals surface area contributed by atoms with E-state index in [0.29, 0.717) is 0 Å². The van der Waals surface area contributed by atoms with E-state index >= 15 is 0 Å². The Kier molecular flexibility index (Phi) is 3.62. The maximum Gasteiger partial charge on any atom is 0.124 e. The van der Waals surface area contributed by atoms with Gasteiger partial charge in [0.2, 0.25) is 0 Å². The molecule has 0 radical (unpaired) electrons. The second-order valence-electron chi connectivity index (χ2n) is 3.88. The van der Waals surface area contributed by atoms with Crippen LogP contribution in [0.5, 0.6) is 0 Å². The molecule has 4 heteroatoms. The first-order chi connectivity index (χ1) is 7.79. The SMILES string of the molecule is CCCc1cc(NCc2ccsc2)n(C)n1. The molecule has 2 rings (SSSR count). The Bertz CT molecular complexity index is 431. The summed E-state index contributed by atoms with van der Waals surface area (Å²) in [5.41, 5.74) is 2.49. The smallest absolute Gasteiger partial charge is 0.124 e. The minimum absolute atomic E-state index is 0.870. The number of aryl methyl sites for hydroxylation is 2. The molecular formula is C12H17N3S. The first-order valence-corrected chi connectivity index (χ1v) is 6.51. The van der Waals surface area contributed by atoms with Gasteiger partial charge in [-0.1, -0.05) is 13.3 Å². The lowest BCUT2D eigenvalue weighted by molar-refractivity contribution is 0.735. The van der Waals surface area contributed by atoms with Gasteiger partial charge in [0.1, 0.15) is 5.82 Å². The van der Waals surface area contributed by atoms with Crippen molar-refractivity contribution in [3.63, 3.8) is 0 Å². The standard InChI is InChI=1S/C12H17N3S/c1-3-4-11-7-12(15(2)14-11)13-8-10-5-6-16-9-10/h5-7,9,13H,3-4,8H2,1-2H3. The van der Waals surface area contributed by atoms with Crippen LogP contribution in [0.1, 0.15) is 24.6 Å². The van der Waals surface area contributed by atoms with Gasteiger partial charge in [-0.05, 0) is 28.8 Å². The summed E-state index contributed by atoms with van der Waals surface area (Å²) < 4.78 is 1.91. The van der Waals surface area contributed by atoms with E-state index < -0.39 is 0 Å². The van der Waals surface area contributed by atoms with E-state index in [9.17, 15) is 0 Å². The lowest BCUT2D eigenvalue weighted by Gasteiger charge is -2.03. The van der Waals surface area contributed by atoms with Gasteiger partial charge in [0.05, 0.1) is 5.69 Å². The summed E-state index contributed by atoms with van der Waals surface area (Å²) in [4.78, 5) is 0. The van der Waals surface area contributed by atoms with Crippen LogP contribution in [0.3, 0.4) is 0 Å². The van der Waals surface area contributed by atoms with Crippen LogP contribution in [0.15, 0.2) is 22.9 Å². The van der Waals surface area contributed by atoms with E-state index in [-0.39, 0.29) is 0 Å². The highest BCUT2D eigenvalue weighted by molar-refractivity contribution is 7.07. The summed E-state index contributed by atoms with van der Waals surface area (Å²) in [5.74, 6) is 1.09. The molecule has 0 amide bonds. The minimum atomic E-state index is 0.870. The van der Waals surface area contributed by atoms with Gasteiger partial charge in [-0.15, -0.1) is 0 Å². The Morgan fingerprint density at radius 3 is 3.06 bits per heavy atom. The average molecular weight is 235 g/mol. The molecule has 86 valence electrons. The summed E-state index contributed by atoms with van der Waals surface area (Å²) in [6, 6.07) is 4.27. The van der Waals surface area contributed by atoms with Gasteiger partial charge in [0, 0.05) is 19.7 Å². The molecule has 0 saturated heterocycles. The molecule has 0 atom stereocenters. The van der Waals surface area contributed by atoms with Crippen molar-refractivity contribution in [2.24, 2.45) is 7.05 Å². The summed E-state index contributed by atoms with van der Waals surface area (Å²) in [6.45, 7) is 3.04. The predicted molar refractivity (Wildman–Crippen MR) is 68.8 cm³/mol. The highest BCUT2D eigenvalue weighted by Crippen LogP contribution is 2.13. The number of rotatable bonds is 5. The second-order valence-corrected chi connectivity index (χ2v) is 4.66. The van der Waals surface area contributed by atoms with E-state index in [2.05, 4.69) is 40.2 Å². The van der Waals surface area contributed by atoms with E-state index in [0.717, 1.165) is 30.9 Å². The van der Waals surface area contributed by atoms with Crippen molar-refractivity contribution in [2.75, 3.05) is 5.32 Å². The Labute approximate surface area is 100 Å². The van der Waals surface area contributed by atoms with Crippen molar-refractivity contribution in [3.8, 4) is 0 Å². The zero-order valence-electron chi connectivity index (χ0n) is 9.73. The molecule has 0 aromatic carbocycles.